The average molecular weight is 220 g/mol. The van der Waals surface area contributed by atoms with E-state index < -0.39 is 0 Å². The SMILES string of the molecule is C=C.CC.CCCCCCc1ccccc1. The molecule has 0 heteroatoms. The molecule has 0 aliphatic carbocycles. The van der Waals surface area contributed by atoms with E-state index in [0.29, 0.717) is 0 Å². The summed E-state index contributed by atoms with van der Waals surface area (Å²) in [7, 11) is 0. The van der Waals surface area contributed by atoms with Crippen LogP contribution >= 0.6 is 0 Å². The Morgan fingerprint density at radius 3 is 1.94 bits per heavy atom. The van der Waals surface area contributed by atoms with Crippen molar-refractivity contribution in [2.24, 2.45) is 0 Å². The maximum absolute atomic E-state index is 3.00. The molecule has 92 valence electrons. The molecular formula is C16H28. The molecule has 1 aromatic carbocycles. The molecule has 0 saturated heterocycles. The lowest BCUT2D eigenvalue weighted by molar-refractivity contribution is 0.667. The fourth-order valence-corrected chi connectivity index (χ4v) is 1.40. The summed E-state index contributed by atoms with van der Waals surface area (Å²) < 4.78 is 0. The highest BCUT2D eigenvalue weighted by Crippen LogP contribution is 2.06. The zero-order valence-electron chi connectivity index (χ0n) is 11.3. The second kappa shape index (κ2) is 16.4. The highest BCUT2D eigenvalue weighted by atomic mass is 14.0. The van der Waals surface area contributed by atoms with Crippen molar-refractivity contribution in [1.82, 2.24) is 0 Å². The molecule has 1 rings (SSSR count). The third kappa shape index (κ3) is 11.0. The number of unbranched alkanes of at least 4 members (excludes halogenated alkanes) is 3. The van der Waals surface area contributed by atoms with Crippen LogP contribution in [0.3, 0.4) is 0 Å². The summed E-state index contributed by atoms with van der Waals surface area (Å²) in [5.41, 5.74) is 1.48. The molecule has 0 nitrogen and oxygen atoms in total. The molecule has 0 unspecified atom stereocenters. The van der Waals surface area contributed by atoms with Crippen LogP contribution in [-0.2, 0) is 6.42 Å². The topological polar surface area (TPSA) is 0 Å². The molecule has 0 atom stereocenters. The number of rotatable bonds is 5. The standard InChI is InChI=1S/C12H18.C2H6.C2H4/c1-2-3-4-6-9-12-10-7-5-8-11-12;2*1-2/h5,7-8,10-11H,2-4,6,9H2,1H3;1-2H3;1-2H2. The van der Waals surface area contributed by atoms with Crippen LogP contribution in [0.1, 0.15) is 52.0 Å². The van der Waals surface area contributed by atoms with Gasteiger partial charge < -0.3 is 0 Å². The molecule has 0 aliphatic heterocycles. The molecule has 16 heavy (non-hydrogen) atoms. The van der Waals surface area contributed by atoms with Crippen LogP contribution in [0.2, 0.25) is 0 Å². The Morgan fingerprint density at radius 1 is 0.875 bits per heavy atom. The Kier molecular flexibility index (Phi) is 17.8. The second-order valence-electron chi connectivity index (χ2n) is 3.30. The average Bonchev–Trinajstić information content (AvgIpc) is 2.41. The smallest absolute Gasteiger partial charge is 0.0279 e. The van der Waals surface area contributed by atoms with Gasteiger partial charge in [0.15, 0.2) is 0 Å². The highest BCUT2D eigenvalue weighted by molar-refractivity contribution is 5.14. The minimum atomic E-state index is 1.25. The molecule has 0 aliphatic rings. The van der Waals surface area contributed by atoms with Crippen molar-refractivity contribution in [3.8, 4) is 0 Å². The summed E-state index contributed by atoms with van der Waals surface area (Å²) in [5.74, 6) is 0. The molecule has 0 saturated carbocycles. The Bertz CT molecular complexity index is 201. The first-order valence-electron chi connectivity index (χ1n) is 6.47. The van der Waals surface area contributed by atoms with Crippen LogP contribution in [0.5, 0.6) is 0 Å². The van der Waals surface area contributed by atoms with Crippen molar-refractivity contribution < 1.29 is 0 Å². The van der Waals surface area contributed by atoms with E-state index in [-0.39, 0.29) is 0 Å². The molecule has 1 aromatic rings. The van der Waals surface area contributed by atoms with E-state index in [4.69, 9.17) is 0 Å². The van der Waals surface area contributed by atoms with Crippen molar-refractivity contribution in [3.63, 3.8) is 0 Å². The Balaban J connectivity index is 0. The maximum Gasteiger partial charge on any atom is -0.0279 e. The van der Waals surface area contributed by atoms with E-state index in [2.05, 4.69) is 50.4 Å². The summed E-state index contributed by atoms with van der Waals surface area (Å²) >= 11 is 0. The van der Waals surface area contributed by atoms with Gasteiger partial charge in [0, 0.05) is 0 Å². The molecular weight excluding hydrogens is 192 g/mol. The molecule has 0 radical (unpaired) electrons. The number of benzene rings is 1. The minimum absolute atomic E-state index is 1.25. The van der Waals surface area contributed by atoms with E-state index in [1.807, 2.05) is 13.8 Å². The van der Waals surface area contributed by atoms with Gasteiger partial charge in [-0.2, -0.15) is 0 Å². The van der Waals surface area contributed by atoms with E-state index in [9.17, 15) is 0 Å². The van der Waals surface area contributed by atoms with Crippen LogP contribution in [0.15, 0.2) is 43.5 Å². The van der Waals surface area contributed by atoms with Gasteiger partial charge in [0.1, 0.15) is 0 Å². The van der Waals surface area contributed by atoms with Crippen LogP contribution in [0.25, 0.3) is 0 Å². The Hall–Kier alpha value is -1.04. The first-order valence-corrected chi connectivity index (χ1v) is 6.47. The van der Waals surface area contributed by atoms with Gasteiger partial charge in [0.2, 0.25) is 0 Å². The van der Waals surface area contributed by atoms with Crippen LogP contribution in [0.4, 0.5) is 0 Å². The van der Waals surface area contributed by atoms with Gasteiger partial charge in [-0.3, -0.25) is 0 Å². The molecule has 0 amide bonds. The predicted octanol–water partition coefficient (Wildman–Crippen LogP) is 5.64. The molecule has 0 aromatic heterocycles. The Morgan fingerprint density at radius 2 is 1.44 bits per heavy atom. The third-order valence-electron chi connectivity index (χ3n) is 2.16. The zero-order chi connectivity index (χ0) is 12.6. The van der Waals surface area contributed by atoms with Crippen molar-refractivity contribution in [3.05, 3.63) is 49.1 Å². The first-order chi connectivity index (χ1) is 7.93. The lowest BCUT2D eigenvalue weighted by Crippen LogP contribution is -1.84. The summed E-state index contributed by atoms with van der Waals surface area (Å²) in [6.45, 7) is 12.3. The van der Waals surface area contributed by atoms with Crippen LogP contribution < -0.4 is 0 Å². The van der Waals surface area contributed by atoms with Gasteiger partial charge in [-0.25, -0.2) is 0 Å². The summed E-state index contributed by atoms with van der Waals surface area (Å²) in [4.78, 5) is 0. The van der Waals surface area contributed by atoms with Gasteiger partial charge in [-0.15, -0.1) is 13.2 Å². The van der Waals surface area contributed by atoms with E-state index in [0.717, 1.165) is 0 Å². The summed E-state index contributed by atoms with van der Waals surface area (Å²) in [6, 6.07) is 10.7. The molecule has 0 fully saturated rings. The van der Waals surface area contributed by atoms with Crippen molar-refractivity contribution in [2.45, 2.75) is 52.9 Å². The van der Waals surface area contributed by atoms with Gasteiger partial charge in [0.25, 0.3) is 0 Å². The fraction of sp³-hybridized carbons (Fsp3) is 0.500. The van der Waals surface area contributed by atoms with Crippen LogP contribution in [0, 0.1) is 0 Å². The van der Waals surface area contributed by atoms with Gasteiger partial charge in [-0.1, -0.05) is 70.4 Å². The van der Waals surface area contributed by atoms with E-state index in [1.165, 1.54) is 37.7 Å². The lowest BCUT2D eigenvalue weighted by Gasteiger charge is -1.99. The molecule has 0 heterocycles. The van der Waals surface area contributed by atoms with Gasteiger partial charge in [0.05, 0.1) is 0 Å². The second-order valence-corrected chi connectivity index (χ2v) is 3.30. The number of aryl methyl sites for hydroxylation is 1. The summed E-state index contributed by atoms with van der Waals surface area (Å²) in [6.07, 6.45) is 6.69. The molecule has 0 spiro atoms. The minimum Gasteiger partial charge on any atom is -0.106 e. The lowest BCUT2D eigenvalue weighted by atomic mass is 10.1. The number of hydrogen-bond donors (Lipinski definition) is 0. The third-order valence-corrected chi connectivity index (χ3v) is 2.16. The largest absolute Gasteiger partial charge is 0.106 e. The Labute approximate surface area is 102 Å². The number of hydrogen-bond acceptors (Lipinski definition) is 0. The van der Waals surface area contributed by atoms with Crippen molar-refractivity contribution >= 4 is 0 Å². The fourth-order valence-electron chi connectivity index (χ4n) is 1.40. The van der Waals surface area contributed by atoms with E-state index >= 15 is 0 Å². The molecule has 0 bridgehead atoms. The van der Waals surface area contributed by atoms with Gasteiger partial charge >= 0.3 is 0 Å². The van der Waals surface area contributed by atoms with E-state index in [1.54, 1.807) is 0 Å². The monoisotopic (exact) mass is 220 g/mol. The van der Waals surface area contributed by atoms with Crippen LogP contribution in [-0.4, -0.2) is 0 Å². The summed E-state index contributed by atoms with van der Waals surface area (Å²) in [5, 5.41) is 0. The highest BCUT2D eigenvalue weighted by Gasteiger charge is 1.90. The van der Waals surface area contributed by atoms with Crippen molar-refractivity contribution in [2.75, 3.05) is 0 Å². The van der Waals surface area contributed by atoms with Crippen molar-refractivity contribution in [1.29, 1.82) is 0 Å². The predicted molar refractivity (Wildman–Crippen MR) is 76.9 cm³/mol. The maximum atomic E-state index is 3.00. The first kappa shape index (κ1) is 17.4. The van der Waals surface area contributed by atoms with Gasteiger partial charge in [-0.05, 0) is 18.4 Å². The normalized spacial score (nSPS) is 8.19. The zero-order valence-corrected chi connectivity index (χ0v) is 11.3. The quantitative estimate of drug-likeness (QED) is 0.445. The molecule has 0 N–H and O–H groups in total.